The fourth-order valence-electron chi connectivity index (χ4n) is 3.38. The van der Waals surface area contributed by atoms with Gasteiger partial charge >= 0.3 is 0 Å². The Morgan fingerprint density at radius 2 is 1.93 bits per heavy atom. The van der Waals surface area contributed by atoms with Crippen LogP contribution in [-0.2, 0) is 6.42 Å². The van der Waals surface area contributed by atoms with E-state index < -0.39 is 0 Å². The van der Waals surface area contributed by atoms with E-state index in [1.54, 1.807) is 13.3 Å². The fourth-order valence-corrected chi connectivity index (χ4v) is 3.38. The first-order chi connectivity index (χ1) is 13.7. The monoisotopic (exact) mass is 371 g/mol. The second kappa shape index (κ2) is 7.64. The van der Waals surface area contributed by atoms with Gasteiger partial charge in [-0.25, -0.2) is 0 Å². The number of methoxy groups -OCH3 is 1. The molecule has 0 spiro atoms. The zero-order chi connectivity index (χ0) is 19.5. The van der Waals surface area contributed by atoms with Crippen LogP contribution in [-0.4, -0.2) is 29.5 Å². The summed E-state index contributed by atoms with van der Waals surface area (Å²) >= 11 is 0. The van der Waals surface area contributed by atoms with Crippen LogP contribution < -0.4 is 10.1 Å². The van der Waals surface area contributed by atoms with E-state index in [1.807, 2.05) is 55.5 Å². The molecule has 1 amide bonds. The molecule has 5 heteroatoms. The summed E-state index contributed by atoms with van der Waals surface area (Å²) in [5, 5.41) is 5.03. The average Bonchev–Trinajstić information content (AvgIpc) is 2.72. The van der Waals surface area contributed by atoms with Crippen molar-refractivity contribution in [1.82, 2.24) is 15.3 Å². The molecule has 0 radical (unpaired) electrons. The SMILES string of the molecule is COc1ccc2cc(C(=O)NCCc3cccc4cccnc34)c(C)nc2c1. The minimum Gasteiger partial charge on any atom is -0.497 e. The molecular weight excluding hydrogens is 350 g/mol. The van der Waals surface area contributed by atoms with Gasteiger partial charge in [0.25, 0.3) is 5.91 Å². The zero-order valence-electron chi connectivity index (χ0n) is 15.9. The number of aryl methyl sites for hydroxylation is 1. The topological polar surface area (TPSA) is 64.1 Å². The number of hydrogen-bond acceptors (Lipinski definition) is 4. The van der Waals surface area contributed by atoms with Crippen molar-refractivity contribution in [3.05, 3.63) is 77.6 Å². The molecule has 5 nitrogen and oxygen atoms in total. The lowest BCUT2D eigenvalue weighted by atomic mass is 10.1. The minimum atomic E-state index is -0.115. The van der Waals surface area contributed by atoms with E-state index in [4.69, 9.17) is 4.74 Å². The molecule has 2 heterocycles. The van der Waals surface area contributed by atoms with Crippen molar-refractivity contribution in [1.29, 1.82) is 0 Å². The number of carbonyl (C=O) groups is 1. The molecule has 0 bridgehead atoms. The van der Waals surface area contributed by atoms with Crippen LogP contribution in [0.15, 0.2) is 60.8 Å². The molecule has 4 aromatic rings. The number of ether oxygens (including phenoxy) is 1. The van der Waals surface area contributed by atoms with Crippen LogP contribution in [0.5, 0.6) is 5.75 Å². The maximum atomic E-state index is 12.7. The van der Waals surface area contributed by atoms with E-state index in [-0.39, 0.29) is 5.91 Å². The minimum absolute atomic E-state index is 0.115. The van der Waals surface area contributed by atoms with Gasteiger partial charge in [-0.05, 0) is 43.2 Å². The van der Waals surface area contributed by atoms with E-state index in [1.165, 1.54) is 0 Å². The zero-order valence-corrected chi connectivity index (χ0v) is 15.9. The highest BCUT2D eigenvalue weighted by molar-refractivity contribution is 5.98. The highest BCUT2D eigenvalue weighted by Crippen LogP contribution is 2.22. The lowest BCUT2D eigenvalue weighted by Crippen LogP contribution is -2.26. The molecule has 140 valence electrons. The van der Waals surface area contributed by atoms with Gasteiger partial charge < -0.3 is 10.1 Å². The van der Waals surface area contributed by atoms with Gasteiger partial charge in [-0.15, -0.1) is 0 Å². The summed E-state index contributed by atoms with van der Waals surface area (Å²) < 4.78 is 5.24. The van der Waals surface area contributed by atoms with E-state index in [0.717, 1.165) is 39.5 Å². The van der Waals surface area contributed by atoms with Gasteiger partial charge in [0.2, 0.25) is 0 Å². The first kappa shape index (κ1) is 17.9. The molecule has 0 aliphatic rings. The van der Waals surface area contributed by atoms with Crippen molar-refractivity contribution in [2.75, 3.05) is 13.7 Å². The van der Waals surface area contributed by atoms with Crippen molar-refractivity contribution in [3.63, 3.8) is 0 Å². The average molecular weight is 371 g/mol. The number of fused-ring (bicyclic) bond motifs is 2. The first-order valence-electron chi connectivity index (χ1n) is 9.22. The van der Waals surface area contributed by atoms with Crippen LogP contribution in [0.1, 0.15) is 21.6 Å². The third-order valence-electron chi connectivity index (χ3n) is 4.86. The molecule has 2 aromatic carbocycles. The second-order valence-electron chi connectivity index (χ2n) is 6.68. The molecule has 28 heavy (non-hydrogen) atoms. The molecule has 4 rings (SSSR count). The highest BCUT2D eigenvalue weighted by Gasteiger charge is 2.12. The third-order valence-corrected chi connectivity index (χ3v) is 4.86. The van der Waals surface area contributed by atoms with E-state index in [0.29, 0.717) is 17.8 Å². The molecule has 0 aliphatic carbocycles. The summed E-state index contributed by atoms with van der Waals surface area (Å²) in [7, 11) is 1.63. The summed E-state index contributed by atoms with van der Waals surface area (Å²) in [5.41, 5.74) is 4.21. The maximum Gasteiger partial charge on any atom is 0.253 e. The van der Waals surface area contributed by atoms with Gasteiger partial charge in [0.1, 0.15) is 5.75 Å². The Hall–Kier alpha value is -3.47. The van der Waals surface area contributed by atoms with E-state index in [2.05, 4.69) is 21.4 Å². The Labute approximate surface area is 163 Å². The molecule has 0 saturated heterocycles. The Balaban J connectivity index is 1.50. The maximum absolute atomic E-state index is 12.7. The summed E-state index contributed by atoms with van der Waals surface area (Å²) in [6.07, 6.45) is 2.51. The normalized spacial score (nSPS) is 10.9. The third kappa shape index (κ3) is 3.51. The number of hydrogen-bond donors (Lipinski definition) is 1. The lowest BCUT2D eigenvalue weighted by molar-refractivity contribution is 0.0953. The number of aromatic nitrogens is 2. The number of nitrogens with one attached hydrogen (secondary N) is 1. The molecule has 0 aliphatic heterocycles. The summed E-state index contributed by atoms with van der Waals surface area (Å²) in [6.45, 7) is 2.39. The molecule has 0 saturated carbocycles. The number of para-hydroxylation sites is 1. The van der Waals surface area contributed by atoms with Crippen molar-refractivity contribution >= 4 is 27.7 Å². The predicted molar refractivity (Wildman–Crippen MR) is 111 cm³/mol. The van der Waals surface area contributed by atoms with Gasteiger partial charge in [-0.1, -0.05) is 24.3 Å². The first-order valence-corrected chi connectivity index (χ1v) is 9.22. The molecule has 0 fully saturated rings. The summed E-state index contributed by atoms with van der Waals surface area (Å²) in [5.74, 6) is 0.635. The predicted octanol–water partition coefficient (Wildman–Crippen LogP) is 4.07. The van der Waals surface area contributed by atoms with Crippen molar-refractivity contribution in [2.24, 2.45) is 0 Å². The van der Waals surface area contributed by atoms with Crippen LogP contribution in [0.4, 0.5) is 0 Å². The quantitative estimate of drug-likeness (QED) is 0.574. The van der Waals surface area contributed by atoms with Crippen LogP contribution >= 0.6 is 0 Å². The number of nitrogens with zero attached hydrogens (tertiary/aromatic N) is 2. The van der Waals surface area contributed by atoms with E-state index >= 15 is 0 Å². The molecular formula is C23H21N3O2. The van der Waals surface area contributed by atoms with Crippen LogP contribution in [0, 0.1) is 6.92 Å². The highest BCUT2D eigenvalue weighted by atomic mass is 16.5. The largest absolute Gasteiger partial charge is 0.497 e. The lowest BCUT2D eigenvalue weighted by Gasteiger charge is -2.10. The standard InChI is InChI=1S/C23H21N3O2/c1-15-20(13-18-8-9-19(28-2)14-21(18)26-15)23(27)25-12-10-17-6-3-5-16-7-4-11-24-22(16)17/h3-9,11,13-14H,10,12H2,1-2H3,(H,25,27). The van der Waals surface area contributed by atoms with Crippen LogP contribution in [0.3, 0.4) is 0 Å². The molecule has 1 N–H and O–H groups in total. The fraction of sp³-hybridized carbons (Fsp3) is 0.174. The summed E-state index contributed by atoms with van der Waals surface area (Å²) in [4.78, 5) is 21.7. The van der Waals surface area contributed by atoms with Crippen LogP contribution in [0.2, 0.25) is 0 Å². The van der Waals surface area contributed by atoms with Gasteiger partial charge in [0.05, 0.1) is 29.4 Å². The van der Waals surface area contributed by atoms with Crippen molar-refractivity contribution in [3.8, 4) is 5.75 Å². The van der Waals surface area contributed by atoms with Gasteiger partial charge in [0.15, 0.2) is 0 Å². The van der Waals surface area contributed by atoms with Gasteiger partial charge in [-0.2, -0.15) is 0 Å². The van der Waals surface area contributed by atoms with Gasteiger partial charge in [-0.3, -0.25) is 14.8 Å². The Morgan fingerprint density at radius 3 is 2.79 bits per heavy atom. The molecule has 2 aromatic heterocycles. The number of carbonyl (C=O) groups excluding carboxylic acids is 1. The number of benzene rings is 2. The number of amides is 1. The van der Waals surface area contributed by atoms with Crippen LogP contribution in [0.25, 0.3) is 21.8 Å². The number of rotatable bonds is 5. The molecule has 0 unspecified atom stereocenters. The second-order valence-corrected chi connectivity index (χ2v) is 6.68. The Bertz CT molecular complexity index is 1170. The van der Waals surface area contributed by atoms with E-state index in [9.17, 15) is 4.79 Å². The van der Waals surface area contributed by atoms with Crippen molar-refractivity contribution in [2.45, 2.75) is 13.3 Å². The van der Waals surface area contributed by atoms with Gasteiger partial charge in [0, 0.05) is 29.6 Å². The number of pyridine rings is 2. The summed E-state index contributed by atoms with van der Waals surface area (Å²) in [6, 6.07) is 17.6. The van der Waals surface area contributed by atoms with Crippen molar-refractivity contribution < 1.29 is 9.53 Å². The Morgan fingerprint density at radius 1 is 1.07 bits per heavy atom. The Kier molecular flexibility index (Phi) is 4.89. The molecule has 0 atom stereocenters. The smallest absolute Gasteiger partial charge is 0.253 e.